The topological polar surface area (TPSA) is 91.7 Å². The zero-order valence-corrected chi connectivity index (χ0v) is 20.4. The molecule has 180 valence electrons. The third-order valence-electron chi connectivity index (χ3n) is 5.33. The van der Waals surface area contributed by atoms with Crippen molar-refractivity contribution in [3.05, 3.63) is 82.6 Å². The number of nitrogens with zero attached hydrogens (tertiary/aromatic N) is 2. The van der Waals surface area contributed by atoms with Gasteiger partial charge >= 0.3 is 0 Å². The molecular formula is C26H25N3O5S. The lowest BCUT2D eigenvalue weighted by Crippen LogP contribution is -2.26. The van der Waals surface area contributed by atoms with Crippen LogP contribution in [0.2, 0.25) is 0 Å². The lowest BCUT2D eigenvalue weighted by Gasteiger charge is -2.15. The number of benzene rings is 3. The van der Waals surface area contributed by atoms with Gasteiger partial charge in [-0.25, -0.2) is 4.98 Å². The van der Waals surface area contributed by atoms with Crippen molar-refractivity contribution in [1.29, 1.82) is 0 Å². The van der Waals surface area contributed by atoms with E-state index in [4.69, 9.17) is 14.2 Å². The summed E-state index contributed by atoms with van der Waals surface area (Å²) < 4.78 is 17.5. The normalized spacial score (nSPS) is 10.7. The van der Waals surface area contributed by atoms with Crippen LogP contribution in [0.4, 0.5) is 0 Å². The summed E-state index contributed by atoms with van der Waals surface area (Å²) >= 11 is 1.19. The van der Waals surface area contributed by atoms with Gasteiger partial charge in [-0.15, -0.1) is 0 Å². The lowest BCUT2D eigenvalue weighted by molar-refractivity contribution is -0.118. The highest BCUT2D eigenvalue weighted by Crippen LogP contribution is 2.30. The van der Waals surface area contributed by atoms with Crippen molar-refractivity contribution in [1.82, 2.24) is 14.9 Å². The Labute approximate surface area is 206 Å². The van der Waals surface area contributed by atoms with Crippen molar-refractivity contribution in [2.45, 2.75) is 11.7 Å². The number of hydrogen-bond donors (Lipinski definition) is 1. The van der Waals surface area contributed by atoms with E-state index in [0.29, 0.717) is 39.8 Å². The molecule has 0 saturated heterocycles. The Morgan fingerprint density at radius 3 is 2.51 bits per heavy atom. The molecule has 0 aliphatic rings. The zero-order valence-electron chi connectivity index (χ0n) is 19.6. The number of nitrogens with one attached hydrogen (secondary N) is 1. The molecule has 0 bridgehead atoms. The van der Waals surface area contributed by atoms with Crippen molar-refractivity contribution in [3.63, 3.8) is 0 Å². The fraction of sp³-hybridized carbons (Fsp3) is 0.192. The zero-order chi connectivity index (χ0) is 24.8. The molecule has 4 rings (SSSR count). The third-order valence-corrected chi connectivity index (χ3v) is 6.27. The summed E-state index contributed by atoms with van der Waals surface area (Å²) in [5.74, 6) is 1.66. The number of thioether (sulfide) groups is 1. The fourth-order valence-electron chi connectivity index (χ4n) is 3.57. The number of fused-ring (bicyclic) bond motifs is 1. The second-order valence-corrected chi connectivity index (χ2v) is 8.45. The molecule has 35 heavy (non-hydrogen) atoms. The Kier molecular flexibility index (Phi) is 7.57. The van der Waals surface area contributed by atoms with Gasteiger partial charge in [-0.1, -0.05) is 36.0 Å². The maximum atomic E-state index is 13.4. The minimum absolute atomic E-state index is 0.0854. The van der Waals surface area contributed by atoms with Gasteiger partial charge in [0.2, 0.25) is 5.91 Å². The van der Waals surface area contributed by atoms with E-state index >= 15 is 0 Å². The van der Waals surface area contributed by atoms with E-state index in [1.807, 2.05) is 30.3 Å². The molecule has 0 radical (unpaired) electrons. The first-order valence-electron chi connectivity index (χ1n) is 10.8. The highest BCUT2D eigenvalue weighted by atomic mass is 32.2. The Balaban J connectivity index is 1.61. The van der Waals surface area contributed by atoms with Crippen LogP contribution < -0.4 is 25.1 Å². The number of methoxy groups -OCH3 is 3. The van der Waals surface area contributed by atoms with Crippen molar-refractivity contribution in [3.8, 4) is 22.9 Å². The molecule has 0 aliphatic heterocycles. The molecule has 0 fully saturated rings. The second-order valence-electron chi connectivity index (χ2n) is 7.51. The molecule has 8 nitrogen and oxygen atoms in total. The first-order chi connectivity index (χ1) is 17.0. The van der Waals surface area contributed by atoms with Crippen LogP contribution in [0.25, 0.3) is 16.6 Å². The number of para-hydroxylation sites is 1. The van der Waals surface area contributed by atoms with E-state index in [2.05, 4.69) is 10.3 Å². The molecule has 3 aromatic carbocycles. The molecule has 1 heterocycles. The monoisotopic (exact) mass is 491 g/mol. The van der Waals surface area contributed by atoms with E-state index in [9.17, 15) is 9.59 Å². The Morgan fingerprint density at radius 1 is 0.943 bits per heavy atom. The predicted molar refractivity (Wildman–Crippen MR) is 136 cm³/mol. The van der Waals surface area contributed by atoms with Crippen LogP contribution in [0.1, 0.15) is 5.56 Å². The summed E-state index contributed by atoms with van der Waals surface area (Å²) in [6.45, 7) is 0.365. The second kappa shape index (κ2) is 11.0. The van der Waals surface area contributed by atoms with E-state index in [0.717, 1.165) is 11.3 Å². The minimum Gasteiger partial charge on any atom is -0.497 e. The van der Waals surface area contributed by atoms with Crippen molar-refractivity contribution >= 4 is 28.6 Å². The first kappa shape index (κ1) is 24.2. The smallest absolute Gasteiger partial charge is 0.266 e. The Bertz CT molecular complexity index is 1420. The van der Waals surface area contributed by atoms with Crippen molar-refractivity contribution in [2.24, 2.45) is 0 Å². The van der Waals surface area contributed by atoms with Gasteiger partial charge in [0.15, 0.2) is 16.7 Å². The number of carbonyl (C=O) groups excluding carboxylic acids is 1. The number of carbonyl (C=O) groups is 1. The summed E-state index contributed by atoms with van der Waals surface area (Å²) in [5.41, 5.74) is 1.81. The van der Waals surface area contributed by atoms with Gasteiger partial charge in [0.25, 0.3) is 5.56 Å². The van der Waals surface area contributed by atoms with Crippen LogP contribution in [0.15, 0.2) is 76.7 Å². The van der Waals surface area contributed by atoms with E-state index in [1.54, 1.807) is 50.6 Å². The van der Waals surface area contributed by atoms with Gasteiger partial charge in [-0.3, -0.25) is 14.2 Å². The Morgan fingerprint density at radius 2 is 1.74 bits per heavy atom. The molecule has 1 aromatic heterocycles. The number of amides is 1. The summed E-state index contributed by atoms with van der Waals surface area (Å²) in [6.07, 6.45) is 0. The van der Waals surface area contributed by atoms with Crippen LogP contribution in [0, 0.1) is 0 Å². The van der Waals surface area contributed by atoms with Gasteiger partial charge in [-0.05, 0) is 42.0 Å². The van der Waals surface area contributed by atoms with Crippen LogP contribution in [-0.4, -0.2) is 42.5 Å². The van der Waals surface area contributed by atoms with Gasteiger partial charge in [-0.2, -0.15) is 0 Å². The maximum Gasteiger partial charge on any atom is 0.266 e. The minimum atomic E-state index is -0.234. The molecule has 9 heteroatoms. The molecule has 0 spiro atoms. The number of ether oxygens (including phenoxy) is 3. The lowest BCUT2D eigenvalue weighted by atomic mass is 10.2. The van der Waals surface area contributed by atoms with Gasteiger partial charge < -0.3 is 19.5 Å². The van der Waals surface area contributed by atoms with E-state index < -0.39 is 0 Å². The van der Waals surface area contributed by atoms with Crippen LogP contribution >= 0.6 is 11.8 Å². The molecule has 0 saturated carbocycles. The summed E-state index contributed by atoms with van der Waals surface area (Å²) in [7, 11) is 4.68. The summed E-state index contributed by atoms with van der Waals surface area (Å²) in [6, 6.07) is 19.8. The van der Waals surface area contributed by atoms with Gasteiger partial charge in [0.1, 0.15) is 5.75 Å². The first-order valence-corrected chi connectivity index (χ1v) is 11.8. The predicted octanol–water partition coefficient (Wildman–Crippen LogP) is 3.82. The van der Waals surface area contributed by atoms with Crippen molar-refractivity contribution < 1.29 is 19.0 Å². The Hall–Kier alpha value is -3.98. The van der Waals surface area contributed by atoms with E-state index in [1.165, 1.54) is 23.4 Å². The fourth-order valence-corrected chi connectivity index (χ4v) is 4.41. The summed E-state index contributed by atoms with van der Waals surface area (Å²) in [4.78, 5) is 30.7. The molecule has 0 atom stereocenters. The quantitative estimate of drug-likeness (QED) is 0.281. The number of hydrogen-bond acceptors (Lipinski definition) is 7. The average Bonchev–Trinajstić information content (AvgIpc) is 2.90. The molecular weight excluding hydrogens is 466 g/mol. The third kappa shape index (κ3) is 5.41. The van der Waals surface area contributed by atoms with Gasteiger partial charge in [0, 0.05) is 12.6 Å². The molecule has 0 aliphatic carbocycles. The summed E-state index contributed by atoms with van der Waals surface area (Å²) in [5, 5.41) is 3.78. The SMILES string of the molecule is COc1cccc(CNC(=O)CSc2nc3ccccc3c(=O)n2-c2ccc(OC)c(OC)c2)c1. The van der Waals surface area contributed by atoms with Gasteiger partial charge in [0.05, 0.1) is 43.7 Å². The van der Waals surface area contributed by atoms with Crippen LogP contribution in [0.3, 0.4) is 0 Å². The standard InChI is InChI=1S/C26H25N3O5S/c1-32-19-8-6-7-17(13-19)15-27-24(30)16-35-26-28-21-10-5-4-9-20(21)25(31)29(26)18-11-12-22(33-2)23(14-18)34-3/h4-14H,15-16H2,1-3H3,(H,27,30). The average molecular weight is 492 g/mol. The number of rotatable bonds is 9. The highest BCUT2D eigenvalue weighted by Gasteiger charge is 2.16. The largest absolute Gasteiger partial charge is 0.497 e. The molecule has 1 amide bonds. The molecule has 4 aromatic rings. The number of aromatic nitrogens is 2. The molecule has 0 unspecified atom stereocenters. The maximum absolute atomic E-state index is 13.4. The van der Waals surface area contributed by atoms with Crippen LogP contribution in [0.5, 0.6) is 17.2 Å². The highest BCUT2D eigenvalue weighted by molar-refractivity contribution is 7.99. The van der Waals surface area contributed by atoms with Crippen molar-refractivity contribution in [2.75, 3.05) is 27.1 Å². The molecule has 1 N–H and O–H groups in total. The van der Waals surface area contributed by atoms with Crippen LogP contribution in [-0.2, 0) is 11.3 Å². The van der Waals surface area contributed by atoms with E-state index in [-0.39, 0.29) is 17.2 Å².